The van der Waals surface area contributed by atoms with Crippen molar-refractivity contribution in [1.82, 2.24) is 29.8 Å². The van der Waals surface area contributed by atoms with Gasteiger partial charge in [-0.2, -0.15) is 15.0 Å². The first-order valence-electron chi connectivity index (χ1n) is 14.7. The zero-order valence-electron chi connectivity index (χ0n) is 23.8. The van der Waals surface area contributed by atoms with Crippen molar-refractivity contribution in [1.29, 1.82) is 0 Å². The van der Waals surface area contributed by atoms with Gasteiger partial charge in [0, 0.05) is 31.7 Å². The van der Waals surface area contributed by atoms with Crippen LogP contribution < -0.4 is 20.3 Å². The van der Waals surface area contributed by atoms with Crippen LogP contribution in [-0.4, -0.2) is 81.2 Å². The number of nitrogens with one attached hydrogen (secondary N) is 2. The minimum atomic E-state index is -2.80. The Balaban J connectivity index is 1.17. The maximum atomic E-state index is 14.1. The maximum absolute atomic E-state index is 14.1. The number of halogens is 2. The van der Waals surface area contributed by atoms with E-state index < -0.39 is 12.2 Å². The maximum Gasteiger partial charge on any atom is 0.296 e. The van der Waals surface area contributed by atoms with Crippen LogP contribution in [0, 0.1) is 0 Å². The van der Waals surface area contributed by atoms with Gasteiger partial charge in [0.05, 0.1) is 30.9 Å². The van der Waals surface area contributed by atoms with Crippen molar-refractivity contribution in [2.24, 2.45) is 0 Å². The average Bonchev–Trinajstić information content (AvgIpc) is 3.44. The molecule has 2 aromatic heterocycles. The molecule has 1 saturated carbocycles. The third kappa shape index (κ3) is 7.00. The second kappa shape index (κ2) is 13.6. The lowest BCUT2D eigenvalue weighted by atomic mass is 9.91. The molecule has 3 N–H and O–H groups in total. The molecule has 1 aliphatic heterocycles. The summed E-state index contributed by atoms with van der Waals surface area (Å²) in [6, 6.07) is 15.4. The highest BCUT2D eigenvalue weighted by Gasteiger charge is 2.26. The lowest BCUT2D eigenvalue weighted by Crippen LogP contribution is -2.38. The summed E-state index contributed by atoms with van der Waals surface area (Å²) in [7, 11) is 0. The molecule has 0 amide bonds. The second-order valence-corrected chi connectivity index (χ2v) is 10.7. The van der Waals surface area contributed by atoms with Crippen molar-refractivity contribution in [2.45, 2.75) is 50.7 Å². The van der Waals surface area contributed by atoms with E-state index in [4.69, 9.17) is 19.6 Å². The molecular formula is C30H36F2N8O3. The van der Waals surface area contributed by atoms with Crippen LogP contribution >= 0.6 is 0 Å². The molecule has 0 radical (unpaired) electrons. The van der Waals surface area contributed by atoms with Gasteiger partial charge in [-0.25, -0.2) is 13.8 Å². The van der Waals surface area contributed by atoms with E-state index in [0.29, 0.717) is 55.3 Å². The van der Waals surface area contributed by atoms with Gasteiger partial charge in [-0.15, -0.1) is 0 Å². The standard InChI is InChI=1S/C30H36F2N8O3/c31-26(32)27-35-24-6-1-2-7-25(24)40(27)30-37-28(36-29(38-30)39-12-15-42-16-13-39)34-22-10-8-21(9-11-22)33-19-20-4-3-5-23(18-20)43-17-14-41/h1-7,18,21-22,26,33,41H,8-17,19H2,(H,34,36,37,38). The first-order chi connectivity index (χ1) is 21.1. The summed E-state index contributed by atoms with van der Waals surface area (Å²) in [4.78, 5) is 20.2. The molecule has 11 nitrogen and oxygen atoms in total. The predicted octanol–water partition coefficient (Wildman–Crippen LogP) is 3.87. The number of morpholine rings is 1. The fourth-order valence-corrected chi connectivity index (χ4v) is 5.62. The Labute approximate surface area is 248 Å². The summed E-state index contributed by atoms with van der Waals surface area (Å²) in [6.07, 6.45) is 0.941. The van der Waals surface area contributed by atoms with E-state index in [9.17, 15) is 8.78 Å². The summed E-state index contributed by atoms with van der Waals surface area (Å²) in [5, 5.41) is 16.1. The van der Waals surface area contributed by atoms with Crippen molar-refractivity contribution in [3.8, 4) is 11.7 Å². The van der Waals surface area contributed by atoms with Crippen LogP contribution in [0.15, 0.2) is 48.5 Å². The molecular weight excluding hydrogens is 558 g/mol. The van der Waals surface area contributed by atoms with Crippen molar-refractivity contribution in [3.05, 3.63) is 59.9 Å². The molecule has 43 heavy (non-hydrogen) atoms. The Morgan fingerprint density at radius 3 is 2.49 bits per heavy atom. The van der Waals surface area contributed by atoms with Gasteiger partial charge in [-0.3, -0.25) is 4.57 Å². The largest absolute Gasteiger partial charge is 0.491 e. The number of imidazole rings is 1. The van der Waals surface area contributed by atoms with E-state index in [-0.39, 0.29) is 25.2 Å². The van der Waals surface area contributed by atoms with Gasteiger partial charge in [0.2, 0.25) is 17.8 Å². The Morgan fingerprint density at radius 2 is 1.70 bits per heavy atom. The summed E-state index contributed by atoms with van der Waals surface area (Å²) in [5.74, 6) is 1.25. The van der Waals surface area contributed by atoms with E-state index in [1.807, 2.05) is 23.1 Å². The van der Waals surface area contributed by atoms with Gasteiger partial charge < -0.3 is 30.1 Å². The summed E-state index contributed by atoms with van der Waals surface area (Å²) < 4.78 is 40.6. The molecule has 1 aliphatic carbocycles. The molecule has 4 aromatic rings. The summed E-state index contributed by atoms with van der Waals surface area (Å²) in [6.45, 7) is 3.26. The van der Waals surface area contributed by atoms with E-state index in [2.05, 4.69) is 31.7 Å². The van der Waals surface area contributed by atoms with Crippen molar-refractivity contribution < 1.29 is 23.4 Å². The number of hydrogen-bond donors (Lipinski definition) is 3. The van der Waals surface area contributed by atoms with Crippen LogP contribution in [0.1, 0.15) is 43.5 Å². The SMILES string of the molecule is OCCOc1cccc(CNC2CCC(Nc3nc(N4CCOCC4)nc(-n4c(C(F)F)nc5ccccc54)n3)CC2)c1. The molecule has 6 rings (SSSR count). The van der Waals surface area contributed by atoms with E-state index in [0.717, 1.165) is 43.5 Å². The lowest BCUT2D eigenvalue weighted by Gasteiger charge is -2.30. The van der Waals surface area contributed by atoms with Crippen LogP contribution in [0.2, 0.25) is 0 Å². The number of alkyl halides is 2. The molecule has 0 spiro atoms. The van der Waals surface area contributed by atoms with E-state index >= 15 is 0 Å². The van der Waals surface area contributed by atoms with Gasteiger partial charge in [-0.05, 0) is 55.5 Å². The number of aromatic nitrogens is 5. The molecule has 228 valence electrons. The molecule has 0 atom stereocenters. The minimum absolute atomic E-state index is 0.0165. The highest BCUT2D eigenvalue weighted by Crippen LogP contribution is 2.29. The van der Waals surface area contributed by atoms with Gasteiger partial charge in [-0.1, -0.05) is 24.3 Å². The molecule has 0 unspecified atom stereocenters. The fourth-order valence-electron chi connectivity index (χ4n) is 5.62. The number of rotatable bonds is 11. The van der Waals surface area contributed by atoms with Crippen molar-refractivity contribution in [2.75, 3.05) is 49.7 Å². The van der Waals surface area contributed by atoms with Crippen molar-refractivity contribution >= 4 is 22.9 Å². The van der Waals surface area contributed by atoms with Gasteiger partial charge >= 0.3 is 0 Å². The Hall–Kier alpha value is -3.94. The molecule has 3 heterocycles. The molecule has 2 aliphatic rings. The average molecular weight is 595 g/mol. The number of anilines is 2. The number of benzene rings is 2. The lowest BCUT2D eigenvalue weighted by molar-refractivity contribution is 0.122. The number of para-hydroxylation sites is 2. The summed E-state index contributed by atoms with van der Waals surface area (Å²) >= 11 is 0. The normalized spacial score (nSPS) is 19.2. The van der Waals surface area contributed by atoms with E-state index in [1.54, 1.807) is 24.3 Å². The van der Waals surface area contributed by atoms with Gasteiger partial charge in [0.15, 0.2) is 5.82 Å². The highest BCUT2D eigenvalue weighted by atomic mass is 19.3. The quantitative estimate of drug-likeness (QED) is 0.236. The Kier molecular flexibility index (Phi) is 9.20. The van der Waals surface area contributed by atoms with Crippen LogP contribution in [0.4, 0.5) is 20.7 Å². The minimum Gasteiger partial charge on any atom is -0.491 e. The van der Waals surface area contributed by atoms with Crippen LogP contribution in [0.5, 0.6) is 5.75 Å². The number of aliphatic hydroxyl groups excluding tert-OH is 1. The van der Waals surface area contributed by atoms with Crippen molar-refractivity contribution in [3.63, 3.8) is 0 Å². The first-order valence-corrected chi connectivity index (χ1v) is 14.7. The number of aliphatic hydroxyl groups is 1. The Bertz CT molecular complexity index is 1510. The van der Waals surface area contributed by atoms with Crippen LogP contribution in [0.25, 0.3) is 17.0 Å². The van der Waals surface area contributed by atoms with Gasteiger partial charge in [0.25, 0.3) is 6.43 Å². The highest BCUT2D eigenvalue weighted by molar-refractivity contribution is 5.77. The molecule has 13 heteroatoms. The van der Waals surface area contributed by atoms with Gasteiger partial charge in [0.1, 0.15) is 12.4 Å². The smallest absolute Gasteiger partial charge is 0.296 e. The van der Waals surface area contributed by atoms with E-state index in [1.165, 1.54) is 4.57 Å². The number of ether oxygens (including phenoxy) is 2. The molecule has 0 bridgehead atoms. The molecule has 1 saturated heterocycles. The summed E-state index contributed by atoms with van der Waals surface area (Å²) in [5.41, 5.74) is 2.09. The molecule has 2 aromatic carbocycles. The first kappa shape index (κ1) is 29.1. The zero-order chi connectivity index (χ0) is 29.6. The van der Waals surface area contributed by atoms with Crippen LogP contribution in [0.3, 0.4) is 0 Å². The third-order valence-electron chi connectivity index (χ3n) is 7.80. The fraction of sp³-hybridized carbons (Fsp3) is 0.467. The number of hydrogen-bond acceptors (Lipinski definition) is 10. The number of fused-ring (bicyclic) bond motifs is 1. The third-order valence-corrected chi connectivity index (χ3v) is 7.80. The zero-order valence-corrected chi connectivity index (χ0v) is 23.8. The van der Waals surface area contributed by atoms with Crippen LogP contribution in [-0.2, 0) is 11.3 Å². The Morgan fingerprint density at radius 1 is 0.930 bits per heavy atom. The topological polar surface area (TPSA) is 122 Å². The monoisotopic (exact) mass is 594 g/mol. The second-order valence-electron chi connectivity index (χ2n) is 10.7. The predicted molar refractivity (Wildman–Crippen MR) is 158 cm³/mol. The number of nitrogens with zero attached hydrogens (tertiary/aromatic N) is 6. The molecule has 2 fully saturated rings.